The number of benzene rings is 10. The SMILES string of the molecule is NC(=N/C(=C\Cc1ccc(-c2ccc3ccccc3c2)cc1)c1ccc(-c2ccc3c(c2)-c2ccccc2C3(c2ccccc2)c2ccccc2)c2ccccc12)c1ccccc1. The van der Waals surface area contributed by atoms with Gasteiger partial charge in [-0.25, -0.2) is 4.99 Å². The van der Waals surface area contributed by atoms with Gasteiger partial charge < -0.3 is 5.73 Å². The second-order valence-electron chi connectivity index (χ2n) is 16.4. The largest absolute Gasteiger partial charge is 0.383 e. The molecule has 0 aliphatic heterocycles. The van der Waals surface area contributed by atoms with Crippen molar-refractivity contribution in [2.75, 3.05) is 0 Å². The zero-order valence-electron chi connectivity index (χ0n) is 34.8. The maximum absolute atomic E-state index is 6.80. The summed E-state index contributed by atoms with van der Waals surface area (Å²) in [5, 5.41) is 4.78. The minimum atomic E-state index is -0.438. The minimum Gasteiger partial charge on any atom is -0.383 e. The molecule has 10 aromatic carbocycles. The second-order valence-corrected chi connectivity index (χ2v) is 16.4. The van der Waals surface area contributed by atoms with Crippen LogP contribution in [0.2, 0.25) is 0 Å². The number of hydrogen-bond donors (Lipinski definition) is 1. The summed E-state index contributed by atoms with van der Waals surface area (Å²) < 4.78 is 0. The number of aliphatic imine (C=N–C) groups is 1. The lowest BCUT2D eigenvalue weighted by Crippen LogP contribution is -2.28. The highest BCUT2D eigenvalue weighted by Crippen LogP contribution is 2.56. The summed E-state index contributed by atoms with van der Waals surface area (Å²) in [5.41, 5.74) is 22.8. The molecule has 1 aliphatic rings. The molecule has 10 aromatic rings. The third-order valence-corrected chi connectivity index (χ3v) is 12.8. The third kappa shape index (κ3) is 6.74. The molecule has 1 aliphatic carbocycles. The van der Waals surface area contributed by atoms with Gasteiger partial charge in [-0.15, -0.1) is 0 Å². The van der Waals surface area contributed by atoms with Crippen LogP contribution in [0.25, 0.3) is 60.6 Å². The zero-order valence-corrected chi connectivity index (χ0v) is 34.8. The van der Waals surface area contributed by atoms with E-state index in [2.05, 4.69) is 212 Å². The first kappa shape index (κ1) is 37.9. The van der Waals surface area contributed by atoms with Crippen LogP contribution >= 0.6 is 0 Å². The van der Waals surface area contributed by atoms with Crippen molar-refractivity contribution in [1.29, 1.82) is 0 Å². The Kier molecular flexibility index (Phi) is 9.67. The summed E-state index contributed by atoms with van der Waals surface area (Å²) in [7, 11) is 0. The first-order valence-electron chi connectivity index (χ1n) is 21.7. The fourth-order valence-corrected chi connectivity index (χ4v) is 9.83. The van der Waals surface area contributed by atoms with E-state index in [4.69, 9.17) is 10.7 Å². The molecule has 0 saturated carbocycles. The van der Waals surface area contributed by atoms with Crippen molar-refractivity contribution in [3.8, 4) is 33.4 Å². The van der Waals surface area contributed by atoms with Crippen molar-refractivity contribution in [1.82, 2.24) is 0 Å². The lowest BCUT2D eigenvalue weighted by atomic mass is 9.67. The van der Waals surface area contributed by atoms with Gasteiger partial charge in [0.2, 0.25) is 0 Å². The molecule has 0 radical (unpaired) electrons. The Morgan fingerprint density at radius 3 is 1.76 bits per heavy atom. The number of nitrogens with zero attached hydrogens (tertiary/aromatic N) is 1. The van der Waals surface area contributed by atoms with E-state index in [9.17, 15) is 0 Å². The second kappa shape index (κ2) is 16.1. The molecule has 0 aromatic heterocycles. The lowest BCUT2D eigenvalue weighted by Gasteiger charge is -2.33. The molecule has 0 spiro atoms. The van der Waals surface area contributed by atoms with Crippen molar-refractivity contribution in [3.05, 3.63) is 282 Å². The van der Waals surface area contributed by atoms with E-state index < -0.39 is 5.41 Å². The smallest absolute Gasteiger partial charge is 0.131 e. The minimum absolute atomic E-state index is 0.438. The van der Waals surface area contributed by atoms with Gasteiger partial charge in [-0.3, -0.25) is 0 Å². The maximum Gasteiger partial charge on any atom is 0.131 e. The molecule has 0 bridgehead atoms. The molecule has 0 atom stereocenters. The standard InChI is InChI=1S/C61H44N2/c62-60(45-17-4-1-5-18-45)63-59(39-30-42-28-31-44(32-29-42)47-34-33-43-16-10-11-19-46(43)40-47)55-37-36-51(52-24-12-13-25-53(52)55)48-35-38-58-56(41-48)54-26-14-15-27-57(54)61(58,49-20-6-2-7-21-49)50-22-8-3-9-23-50/h1-29,31-41H,30H2,(H2,62,63)/b59-39-. The maximum atomic E-state index is 6.80. The lowest BCUT2D eigenvalue weighted by molar-refractivity contribution is 0.768. The number of allylic oxidation sites excluding steroid dienone is 1. The zero-order chi connectivity index (χ0) is 42.2. The monoisotopic (exact) mass is 804 g/mol. The van der Waals surface area contributed by atoms with Crippen molar-refractivity contribution in [2.24, 2.45) is 10.7 Å². The number of nitrogens with two attached hydrogens (primary N) is 1. The first-order chi connectivity index (χ1) is 31.1. The van der Waals surface area contributed by atoms with E-state index in [1.165, 1.54) is 72.0 Å². The van der Waals surface area contributed by atoms with Crippen molar-refractivity contribution >= 4 is 33.1 Å². The van der Waals surface area contributed by atoms with Crippen LogP contribution in [0.15, 0.2) is 248 Å². The van der Waals surface area contributed by atoms with Crippen molar-refractivity contribution in [2.45, 2.75) is 11.8 Å². The van der Waals surface area contributed by atoms with Gasteiger partial charge in [0.25, 0.3) is 0 Å². The number of rotatable bonds is 9. The van der Waals surface area contributed by atoms with Crippen LogP contribution in [0.4, 0.5) is 0 Å². The van der Waals surface area contributed by atoms with E-state index in [0.29, 0.717) is 12.3 Å². The molecule has 298 valence electrons. The number of amidine groups is 1. The van der Waals surface area contributed by atoms with Crippen LogP contribution < -0.4 is 5.73 Å². The van der Waals surface area contributed by atoms with Crippen LogP contribution in [0.1, 0.15) is 38.9 Å². The van der Waals surface area contributed by atoms with Crippen LogP contribution in [0, 0.1) is 0 Å². The van der Waals surface area contributed by atoms with Gasteiger partial charge in [0.1, 0.15) is 5.84 Å². The van der Waals surface area contributed by atoms with E-state index in [1.54, 1.807) is 0 Å². The average molecular weight is 805 g/mol. The summed E-state index contributed by atoms with van der Waals surface area (Å²) >= 11 is 0. The Morgan fingerprint density at radius 2 is 1.02 bits per heavy atom. The molecule has 0 unspecified atom stereocenters. The van der Waals surface area contributed by atoms with Gasteiger partial charge >= 0.3 is 0 Å². The molecule has 11 rings (SSSR count). The van der Waals surface area contributed by atoms with E-state index in [-0.39, 0.29) is 0 Å². The Labute approximate surface area is 369 Å². The first-order valence-corrected chi connectivity index (χ1v) is 21.7. The van der Waals surface area contributed by atoms with Crippen LogP contribution in [0.3, 0.4) is 0 Å². The topological polar surface area (TPSA) is 38.4 Å². The highest BCUT2D eigenvalue weighted by molar-refractivity contribution is 6.06. The molecule has 0 heterocycles. The molecule has 2 nitrogen and oxygen atoms in total. The molecule has 2 heteroatoms. The van der Waals surface area contributed by atoms with Gasteiger partial charge in [-0.1, -0.05) is 231 Å². The van der Waals surface area contributed by atoms with Gasteiger partial charge in [0.15, 0.2) is 0 Å². The summed E-state index contributed by atoms with van der Waals surface area (Å²) in [6, 6.07) is 85.3. The summed E-state index contributed by atoms with van der Waals surface area (Å²) in [6.45, 7) is 0. The summed E-state index contributed by atoms with van der Waals surface area (Å²) in [5.74, 6) is 0.485. The highest BCUT2D eigenvalue weighted by atomic mass is 14.9. The van der Waals surface area contributed by atoms with Crippen LogP contribution in [0.5, 0.6) is 0 Å². The molecule has 63 heavy (non-hydrogen) atoms. The van der Waals surface area contributed by atoms with Crippen molar-refractivity contribution in [3.63, 3.8) is 0 Å². The van der Waals surface area contributed by atoms with Crippen LogP contribution in [-0.4, -0.2) is 5.84 Å². The fourth-order valence-electron chi connectivity index (χ4n) is 9.83. The van der Waals surface area contributed by atoms with Gasteiger partial charge in [-0.2, -0.15) is 0 Å². The molecular weight excluding hydrogens is 761 g/mol. The molecular formula is C61H44N2. The molecule has 0 saturated heterocycles. The Hall–Kier alpha value is -8.07. The number of hydrogen-bond acceptors (Lipinski definition) is 1. The quantitative estimate of drug-likeness (QED) is 0.115. The highest BCUT2D eigenvalue weighted by Gasteiger charge is 2.46. The molecule has 0 amide bonds. The third-order valence-electron chi connectivity index (χ3n) is 12.8. The normalized spacial score (nSPS) is 13.2. The van der Waals surface area contributed by atoms with Gasteiger partial charge in [0, 0.05) is 11.1 Å². The van der Waals surface area contributed by atoms with E-state index in [1.807, 2.05) is 30.3 Å². The van der Waals surface area contributed by atoms with E-state index in [0.717, 1.165) is 27.6 Å². The van der Waals surface area contributed by atoms with Crippen LogP contribution in [-0.2, 0) is 11.8 Å². The summed E-state index contributed by atoms with van der Waals surface area (Å²) in [6.07, 6.45) is 2.92. The van der Waals surface area contributed by atoms with Gasteiger partial charge in [0.05, 0.1) is 11.1 Å². The Morgan fingerprint density at radius 1 is 0.429 bits per heavy atom. The fraction of sp³-hybridized carbons (Fsp3) is 0.0328. The Balaban J connectivity index is 1.01. The molecule has 2 N–H and O–H groups in total. The van der Waals surface area contributed by atoms with Crippen molar-refractivity contribution < 1.29 is 0 Å². The van der Waals surface area contributed by atoms with Gasteiger partial charge in [-0.05, 0) is 101 Å². The Bertz CT molecular complexity index is 3310. The summed E-state index contributed by atoms with van der Waals surface area (Å²) in [4.78, 5) is 5.18. The molecule has 0 fully saturated rings. The average Bonchev–Trinajstić information content (AvgIpc) is 3.66. The predicted octanol–water partition coefficient (Wildman–Crippen LogP) is 14.7. The predicted molar refractivity (Wildman–Crippen MR) is 265 cm³/mol. The number of fused-ring (bicyclic) bond motifs is 5. The van der Waals surface area contributed by atoms with E-state index >= 15 is 0 Å².